The van der Waals surface area contributed by atoms with Crippen molar-refractivity contribution in [1.82, 2.24) is 9.62 Å². The van der Waals surface area contributed by atoms with Crippen LogP contribution in [0.4, 0.5) is 17.6 Å². The number of carbonyl (C=O) groups excluding carboxylic acids is 1. The largest absolute Gasteiger partial charge is 0.331 e. The van der Waals surface area contributed by atoms with E-state index < -0.39 is 63.3 Å². The van der Waals surface area contributed by atoms with E-state index in [9.17, 15) is 17.6 Å². The third-order valence-corrected chi connectivity index (χ3v) is 8.26. The lowest BCUT2D eigenvalue weighted by Crippen LogP contribution is -2.53. The summed E-state index contributed by atoms with van der Waals surface area (Å²) in [6.45, 7) is 2.14. The lowest BCUT2D eigenvalue weighted by Gasteiger charge is -2.29. The number of halogens is 4. The fourth-order valence-corrected chi connectivity index (χ4v) is 6.00. The van der Waals surface area contributed by atoms with Crippen LogP contribution >= 0.6 is 0 Å². The second-order valence-electron chi connectivity index (χ2n) is 9.25. The van der Waals surface area contributed by atoms with E-state index in [-0.39, 0.29) is 23.1 Å². The van der Waals surface area contributed by atoms with Gasteiger partial charge in [-0.3, -0.25) is 4.79 Å². The summed E-state index contributed by atoms with van der Waals surface area (Å²) in [6.07, 6.45) is 0.401. The second kappa shape index (κ2) is 8.96. The number of amides is 1. The molecule has 0 aromatic heterocycles. The molecular formula is C24H26F4N2O3S. The molecule has 0 radical (unpaired) electrons. The average Bonchev–Trinajstić information content (AvgIpc) is 3.59. The molecule has 4 rings (SSSR count). The van der Waals surface area contributed by atoms with Crippen LogP contribution in [0.1, 0.15) is 32.3 Å². The number of benzene rings is 2. The lowest BCUT2D eigenvalue weighted by atomic mass is 9.95. The minimum absolute atomic E-state index is 0.0133. The Morgan fingerprint density at radius 2 is 1.74 bits per heavy atom. The van der Waals surface area contributed by atoms with Crippen LogP contribution in [-0.2, 0) is 21.2 Å². The number of sulfonamides is 1. The van der Waals surface area contributed by atoms with E-state index in [0.29, 0.717) is 12.8 Å². The van der Waals surface area contributed by atoms with E-state index in [1.807, 2.05) is 0 Å². The standard InChI is InChI=1S/C24H26F4N2O3S/c1-14(2)23(31)30-13-24(27,28)22(29-34(32,33)16-10-11-16)20(30)12-15-6-5-8-18(21(15)26)17-7-3-4-9-19(17)25/h3-9,14,16,20,22,29H,10-13H2,1-2H3/t20-,22+/m0/s1. The molecule has 0 bridgehead atoms. The molecule has 34 heavy (non-hydrogen) atoms. The summed E-state index contributed by atoms with van der Waals surface area (Å²) in [6, 6.07) is 6.62. The molecule has 1 aliphatic heterocycles. The number of hydrogen-bond donors (Lipinski definition) is 1. The van der Waals surface area contributed by atoms with Crippen LogP contribution in [-0.4, -0.2) is 49.0 Å². The van der Waals surface area contributed by atoms with Gasteiger partial charge in [0.1, 0.15) is 17.7 Å². The first kappa shape index (κ1) is 24.7. The van der Waals surface area contributed by atoms with Gasteiger partial charge in [0.05, 0.1) is 17.8 Å². The van der Waals surface area contributed by atoms with Gasteiger partial charge in [-0.15, -0.1) is 0 Å². The van der Waals surface area contributed by atoms with E-state index in [4.69, 9.17) is 0 Å². The third-order valence-electron chi connectivity index (χ3n) is 6.32. The second-order valence-corrected chi connectivity index (χ2v) is 11.2. The van der Waals surface area contributed by atoms with Crippen molar-refractivity contribution in [2.45, 2.75) is 56.4 Å². The smallest absolute Gasteiger partial charge is 0.283 e. The summed E-state index contributed by atoms with van der Waals surface area (Å²) < 4.78 is 87.1. The highest BCUT2D eigenvalue weighted by Crippen LogP contribution is 2.38. The van der Waals surface area contributed by atoms with Crippen LogP contribution < -0.4 is 4.72 Å². The molecular weight excluding hydrogens is 472 g/mol. The summed E-state index contributed by atoms with van der Waals surface area (Å²) in [5, 5.41) is -0.736. The van der Waals surface area contributed by atoms with Gasteiger partial charge in [0, 0.05) is 17.0 Å². The normalized spacial score (nSPS) is 22.4. The Balaban J connectivity index is 1.73. The summed E-state index contributed by atoms with van der Waals surface area (Å²) in [5.41, 5.74) is -0.0439. The van der Waals surface area contributed by atoms with Crippen LogP contribution in [0.25, 0.3) is 11.1 Å². The van der Waals surface area contributed by atoms with Gasteiger partial charge in [0.15, 0.2) is 0 Å². The van der Waals surface area contributed by atoms with Gasteiger partial charge < -0.3 is 4.90 Å². The van der Waals surface area contributed by atoms with Crippen molar-refractivity contribution in [3.05, 3.63) is 59.7 Å². The predicted octanol–water partition coefficient (Wildman–Crippen LogP) is 4.13. The van der Waals surface area contributed by atoms with Gasteiger partial charge in [0.25, 0.3) is 5.92 Å². The Morgan fingerprint density at radius 3 is 2.35 bits per heavy atom. The first-order chi connectivity index (χ1) is 15.9. The van der Waals surface area contributed by atoms with Crippen molar-refractivity contribution in [3.63, 3.8) is 0 Å². The summed E-state index contributed by atoms with van der Waals surface area (Å²) in [4.78, 5) is 13.7. The predicted molar refractivity (Wildman–Crippen MR) is 120 cm³/mol. The van der Waals surface area contributed by atoms with E-state index in [0.717, 1.165) is 4.90 Å². The summed E-state index contributed by atoms with van der Waals surface area (Å²) in [7, 11) is -4.01. The van der Waals surface area contributed by atoms with Crippen molar-refractivity contribution >= 4 is 15.9 Å². The molecule has 2 aliphatic rings. The highest BCUT2D eigenvalue weighted by molar-refractivity contribution is 7.90. The molecule has 2 aromatic carbocycles. The van der Waals surface area contributed by atoms with Crippen molar-refractivity contribution in [2.75, 3.05) is 6.54 Å². The van der Waals surface area contributed by atoms with Crippen molar-refractivity contribution < 1.29 is 30.8 Å². The highest BCUT2D eigenvalue weighted by atomic mass is 32.2. The summed E-state index contributed by atoms with van der Waals surface area (Å²) in [5.74, 6) is -6.19. The number of carbonyl (C=O) groups is 1. The van der Waals surface area contributed by atoms with Crippen molar-refractivity contribution in [2.24, 2.45) is 5.92 Å². The Hall–Kier alpha value is -2.46. The van der Waals surface area contributed by atoms with Crippen LogP contribution in [0.15, 0.2) is 42.5 Å². The van der Waals surface area contributed by atoms with Gasteiger partial charge in [-0.1, -0.05) is 50.2 Å². The Kier molecular flexibility index (Phi) is 6.50. The van der Waals surface area contributed by atoms with Crippen molar-refractivity contribution in [3.8, 4) is 11.1 Å². The fourth-order valence-electron chi connectivity index (χ4n) is 4.37. The summed E-state index contributed by atoms with van der Waals surface area (Å²) >= 11 is 0. The molecule has 1 heterocycles. The van der Waals surface area contributed by atoms with Crippen LogP contribution in [0.5, 0.6) is 0 Å². The maximum Gasteiger partial charge on any atom is 0.283 e. The van der Waals surface area contributed by atoms with E-state index in [2.05, 4.69) is 4.72 Å². The molecule has 0 unspecified atom stereocenters. The van der Waals surface area contributed by atoms with Gasteiger partial charge in [-0.05, 0) is 30.9 Å². The zero-order valence-electron chi connectivity index (χ0n) is 18.8. The number of hydrogen-bond acceptors (Lipinski definition) is 3. The SMILES string of the molecule is CC(C)C(=O)N1CC(F)(F)[C@H](NS(=O)(=O)C2CC2)[C@@H]1Cc1cccc(-c2ccccc2F)c1F. The van der Waals surface area contributed by atoms with E-state index in [1.54, 1.807) is 19.9 Å². The average molecular weight is 499 g/mol. The Morgan fingerprint density at radius 1 is 1.09 bits per heavy atom. The molecule has 0 spiro atoms. The molecule has 1 aliphatic carbocycles. The fraction of sp³-hybridized carbons (Fsp3) is 0.458. The third kappa shape index (κ3) is 4.70. The zero-order chi connectivity index (χ0) is 24.8. The first-order valence-corrected chi connectivity index (χ1v) is 12.7. The van der Waals surface area contributed by atoms with Crippen LogP contribution in [0.3, 0.4) is 0 Å². The molecule has 184 valence electrons. The highest BCUT2D eigenvalue weighted by Gasteiger charge is 2.58. The molecule has 1 amide bonds. The van der Waals surface area contributed by atoms with E-state index in [1.165, 1.54) is 36.4 Å². The van der Waals surface area contributed by atoms with Gasteiger partial charge in [-0.25, -0.2) is 30.7 Å². The van der Waals surface area contributed by atoms with Gasteiger partial charge in [0.2, 0.25) is 15.9 Å². The topological polar surface area (TPSA) is 66.5 Å². The number of nitrogens with zero attached hydrogens (tertiary/aromatic N) is 1. The Labute approximate surface area is 196 Å². The zero-order valence-corrected chi connectivity index (χ0v) is 19.6. The molecule has 2 atom stereocenters. The van der Waals surface area contributed by atoms with Crippen LogP contribution in [0, 0.1) is 17.6 Å². The maximum atomic E-state index is 15.5. The molecule has 1 saturated heterocycles. The molecule has 1 N–H and O–H groups in total. The van der Waals surface area contributed by atoms with Gasteiger partial charge in [-0.2, -0.15) is 0 Å². The number of alkyl halides is 2. The minimum Gasteiger partial charge on any atom is -0.331 e. The van der Waals surface area contributed by atoms with E-state index >= 15 is 13.2 Å². The molecule has 5 nitrogen and oxygen atoms in total. The number of nitrogens with one attached hydrogen (secondary N) is 1. The number of likely N-dealkylation sites (tertiary alicyclic amines) is 1. The quantitative estimate of drug-likeness (QED) is 0.584. The Bertz CT molecular complexity index is 1200. The monoisotopic (exact) mass is 498 g/mol. The van der Waals surface area contributed by atoms with Gasteiger partial charge >= 0.3 is 0 Å². The molecule has 2 fully saturated rings. The maximum absolute atomic E-state index is 15.5. The van der Waals surface area contributed by atoms with Crippen molar-refractivity contribution in [1.29, 1.82) is 0 Å². The molecule has 1 saturated carbocycles. The number of rotatable bonds is 7. The minimum atomic E-state index is -4.01. The molecule has 10 heteroatoms. The molecule has 2 aromatic rings. The first-order valence-electron chi connectivity index (χ1n) is 11.1. The lowest BCUT2D eigenvalue weighted by molar-refractivity contribution is -0.136. The van der Waals surface area contributed by atoms with Crippen LogP contribution in [0.2, 0.25) is 0 Å².